The van der Waals surface area contributed by atoms with Gasteiger partial charge in [-0.1, -0.05) is 13.0 Å². The average molecular weight is 403 g/mol. The third-order valence-corrected chi connectivity index (χ3v) is 4.09. The van der Waals surface area contributed by atoms with Crippen molar-refractivity contribution < 1.29 is 9.15 Å². The number of methoxy groups -OCH3 is 1. The molecule has 1 aromatic heterocycles. The average Bonchev–Trinajstić information content (AvgIpc) is 2.85. The van der Waals surface area contributed by atoms with Crippen LogP contribution >= 0.6 is 31.9 Å². The number of likely N-dealkylation sites (N-methyl/N-ethyl adjacent to an activating group) is 1. The maximum Gasteiger partial charge on any atom is 0.169 e. The Labute approximate surface area is 136 Å². The van der Waals surface area contributed by atoms with Crippen molar-refractivity contribution in [3.63, 3.8) is 0 Å². The molecule has 0 aliphatic rings. The molecule has 0 amide bonds. The molecule has 0 spiro atoms. The standard InChI is InChI=1S/C15H17Br2NO2/c1-3-18-12(14-6-7-15(17)20-14)9-10-4-5-13(19-2)11(16)8-10/h4-8,12,18H,3,9H2,1-2H3. The Morgan fingerprint density at radius 3 is 2.60 bits per heavy atom. The number of rotatable bonds is 6. The number of benzene rings is 1. The van der Waals surface area contributed by atoms with Gasteiger partial charge in [0.05, 0.1) is 17.6 Å². The number of ether oxygens (including phenoxy) is 1. The Morgan fingerprint density at radius 2 is 2.05 bits per heavy atom. The molecule has 2 rings (SSSR count). The van der Waals surface area contributed by atoms with Crippen molar-refractivity contribution in [2.45, 2.75) is 19.4 Å². The molecule has 1 N–H and O–H groups in total. The third kappa shape index (κ3) is 3.87. The molecule has 0 aliphatic carbocycles. The fourth-order valence-corrected chi connectivity index (χ4v) is 3.02. The second kappa shape index (κ2) is 7.29. The van der Waals surface area contributed by atoms with Crippen LogP contribution in [0.1, 0.15) is 24.3 Å². The van der Waals surface area contributed by atoms with Crippen LogP contribution in [-0.2, 0) is 6.42 Å². The summed E-state index contributed by atoms with van der Waals surface area (Å²) in [5.74, 6) is 1.78. The van der Waals surface area contributed by atoms with Crippen LogP contribution < -0.4 is 10.1 Å². The van der Waals surface area contributed by atoms with Gasteiger partial charge < -0.3 is 14.5 Å². The first kappa shape index (κ1) is 15.6. The van der Waals surface area contributed by atoms with E-state index in [1.54, 1.807) is 7.11 Å². The van der Waals surface area contributed by atoms with Gasteiger partial charge in [0, 0.05) is 0 Å². The Balaban J connectivity index is 2.17. The second-order valence-corrected chi connectivity index (χ2v) is 6.06. The number of hydrogen-bond donors (Lipinski definition) is 1. The first-order chi connectivity index (χ1) is 9.63. The molecule has 1 heterocycles. The molecule has 108 valence electrons. The van der Waals surface area contributed by atoms with Crippen LogP contribution in [0.5, 0.6) is 5.75 Å². The van der Waals surface area contributed by atoms with Gasteiger partial charge in [0.1, 0.15) is 11.5 Å². The summed E-state index contributed by atoms with van der Waals surface area (Å²) in [4.78, 5) is 0. The van der Waals surface area contributed by atoms with Crippen LogP contribution in [0.2, 0.25) is 0 Å². The predicted octanol–water partition coefficient (Wildman–Crippen LogP) is 4.71. The summed E-state index contributed by atoms with van der Waals surface area (Å²) >= 11 is 6.87. The Hall–Kier alpha value is -0.780. The van der Waals surface area contributed by atoms with Crippen LogP contribution in [0.25, 0.3) is 0 Å². The molecule has 5 heteroatoms. The minimum atomic E-state index is 0.159. The highest BCUT2D eigenvalue weighted by Crippen LogP contribution is 2.29. The van der Waals surface area contributed by atoms with E-state index in [-0.39, 0.29) is 6.04 Å². The highest BCUT2D eigenvalue weighted by molar-refractivity contribution is 9.10. The Morgan fingerprint density at radius 1 is 1.25 bits per heavy atom. The summed E-state index contributed by atoms with van der Waals surface area (Å²) in [7, 11) is 1.67. The fraction of sp³-hybridized carbons (Fsp3) is 0.333. The summed E-state index contributed by atoms with van der Waals surface area (Å²) in [5.41, 5.74) is 1.22. The largest absolute Gasteiger partial charge is 0.496 e. The fourth-order valence-electron chi connectivity index (χ4n) is 2.11. The zero-order valence-corrected chi connectivity index (χ0v) is 14.6. The number of halogens is 2. The lowest BCUT2D eigenvalue weighted by Crippen LogP contribution is -2.22. The molecule has 2 aromatic rings. The van der Waals surface area contributed by atoms with Crippen molar-refractivity contribution in [2.75, 3.05) is 13.7 Å². The minimum absolute atomic E-state index is 0.159. The van der Waals surface area contributed by atoms with E-state index in [4.69, 9.17) is 9.15 Å². The van der Waals surface area contributed by atoms with Crippen LogP contribution in [-0.4, -0.2) is 13.7 Å². The number of hydrogen-bond acceptors (Lipinski definition) is 3. The maximum atomic E-state index is 5.66. The number of furan rings is 1. The lowest BCUT2D eigenvalue weighted by Gasteiger charge is -2.16. The summed E-state index contributed by atoms with van der Waals surface area (Å²) in [6.07, 6.45) is 0.858. The molecule has 0 fully saturated rings. The molecule has 0 saturated heterocycles. The summed E-state index contributed by atoms with van der Waals surface area (Å²) < 4.78 is 12.6. The van der Waals surface area contributed by atoms with Gasteiger partial charge in [-0.15, -0.1) is 0 Å². The molecular formula is C15H17Br2NO2. The van der Waals surface area contributed by atoms with E-state index in [0.29, 0.717) is 0 Å². The molecule has 1 atom stereocenters. The van der Waals surface area contributed by atoms with Crippen molar-refractivity contribution in [1.29, 1.82) is 0 Å². The summed E-state index contributed by atoms with van der Waals surface area (Å²) in [6, 6.07) is 10.2. The van der Waals surface area contributed by atoms with Gasteiger partial charge in [0.2, 0.25) is 0 Å². The van der Waals surface area contributed by atoms with Crippen molar-refractivity contribution in [3.05, 3.63) is 50.8 Å². The molecule has 20 heavy (non-hydrogen) atoms. The zero-order chi connectivity index (χ0) is 14.5. The van der Waals surface area contributed by atoms with E-state index in [0.717, 1.165) is 33.6 Å². The Bertz CT molecular complexity index is 569. The topological polar surface area (TPSA) is 34.4 Å². The van der Waals surface area contributed by atoms with Crippen LogP contribution in [0.15, 0.2) is 43.9 Å². The predicted molar refractivity (Wildman–Crippen MR) is 87.2 cm³/mol. The number of nitrogens with one attached hydrogen (secondary N) is 1. The highest BCUT2D eigenvalue weighted by Gasteiger charge is 2.15. The molecule has 0 saturated carbocycles. The van der Waals surface area contributed by atoms with Crippen molar-refractivity contribution >= 4 is 31.9 Å². The maximum absolute atomic E-state index is 5.66. The smallest absolute Gasteiger partial charge is 0.169 e. The molecule has 0 radical (unpaired) electrons. The second-order valence-electron chi connectivity index (χ2n) is 4.43. The van der Waals surface area contributed by atoms with E-state index in [1.165, 1.54) is 5.56 Å². The minimum Gasteiger partial charge on any atom is -0.496 e. The van der Waals surface area contributed by atoms with Gasteiger partial charge in [0.25, 0.3) is 0 Å². The van der Waals surface area contributed by atoms with Gasteiger partial charge >= 0.3 is 0 Å². The summed E-state index contributed by atoms with van der Waals surface area (Å²) in [5, 5.41) is 3.45. The highest BCUT2D eigenvalue weighted by atomic mass is 79.9. The SMILES string of the molecule is CCNC(Cc1ccc(OC)c(Br)c1)c1ccc(Br)o1. The first-order valence-electron chi connectivity index (χ1n) is 6.45. The van der Waals surface area contributed by atoms with E-state index in [9.17, 15) is 0 Å². The Kier molecular flexibility index (Phi) is 5.69. The monoisotopic (exact) mass is 401 g/mol. The lowest BCUT2D eigenvalue weighted by atomic mass is 10.0. The normalized spacial score (nSPS) is 12.4. The van der Waals surface area contributed by atoms with Crippen LogP contribution in [0, 0.1) is 0 Å². The van der Waals surface area contributed by atoms with E-state index >= 15 is 0 Å². The van der Waals surface area contributed by atoms with Crippen molar-refractivity contribution in [3.8, 4) is 5.75 Å². The molecule has 0 bridgehead atoms. The van der Waals surface area contributed by atoms with E-state index in [2.05, 4.69) is 56.2 Å². The molecule has 0 aliphatic heterocycles. The van der Waals surface area contributed by atoms with Crippen LogP contribution in [0.3, 0.4) is 0 Å². The van der Waals surface area contributed by atoms with Gasteiger partial charge in [-0.2, -0.15) is 0 Å². The van der Waals surface area contributed by atoms with Crippen LogP contribution in [0.4, 0.5) is 0 Å². The first-order valence-corrected chi connectivity index (χ1v) is 8.03. The molecule has 1 aromatic carbocycles. The van der Waals surface area contributed by atoms with Crippen molar-refractivity contribution in [2.24, 2.45) is 0 Å². The van der Waals surface area contributed by atoms with Gasteiger partial charge in [-0.25, -0.2) is 0 Å². The molecule has 3 nitrogen and oxygen atoms in total. The quantitative estimate of drug-likeness (QED) is 0.759. The zero-order valence-electron chi connectivity index (χ0n) is 11.5. The molecule has 1 unspecified atom stereocenters. The van der Waals surface area contributed by atoms with E-state index in [1.807, 2.05) is 18.2 Å². The molecular weight excluding hydrogens is 386 g/mol. The van der Waals surface area contributed by atoms with Gasteiger partial charge in [0.15, 0.2) is 4.67 Å². The van der Waals surface area contributed by atoms with Crippen molar-refractivity contribution in [1.82, 2.24) is 5.32 Å². The third-order valence-electron chi connectivity index (χ3n) is 3.04. The summed E-state index contributed by atoms with van der Waals surface area (Å²) in [6.45, 7) is 2.98. The van der Waals surface area contributed by atoms with E-state index < -0.39 is 0 Å². The lowest BCUT2D eigenvalue weighted by molar-refractivity contribution is 0.403. The van der Waals surface area contributed by atoms with Gasteiger partial charge in [-0.05, 0) is 74.7 Å². The van der Waals surface area contributed by atoms with Gasteiger partial charge in [-0.3, -0.25) is 0 Å².